The summed E-state index contributed by atoms with van der Waals surface area (Å²) in [5.41, 5.74) is 0.995. The van der Waals surface area contributed by atoms with Gasteiger partial charge in [0.25, 0.3) is 0 Å². The maximum absolute atomic E-state index is 11.9. The summed E-state index contributed by atoms with van der Waals surface area (Å²) in [5.74, 6) is 0.566. The Morgan fingerprint density at radius 2 is 2.11 bits per heavy atom. The molecule has 2 N–H and O–H groups in total. The zero-order valence-electron chi connectivity index (χ0n) is 11.1. The Morgan fingerprint density at radius 3 is 2.67 bits per heavy atom. The smallest absolute Gasteiger partial charge is 0.323 e. The number of nitrogens with one attached hydrogen (secondary N) is 2. The summed E-state index contributed by atoms with van der Waals surface area (Å²) in [6.45, 7) is 8.73. The van der Waals surface area contributed by atoms with Gasteiger partial charge in [0.15, 0.2) is 5.82 Å². The molecule has 1 saturated heterocycles. The predicted molar refractivity (Wildman–Crippen MR) is 68.7 cm³/mol. The van der Waals surface area contributed by atoms with Crippen molar-refractivity contribution in [3.8, 4) is 0 Å². The molecule has 1 fully saturated rings. The molecular weight excluding hydrogens is 232 g/mol. The summed E-state index contributed by atoms with van der Waals surface area (Å²) in [6, 6.07) is 1.75. The van der Waals surface area contributed by atoms with Gasteiger partial charge in [0.1, 0.15) is 0 Å². The van der Waals surface area contributed by atoms with E-state index in [4.69, 9.17) is 4.74 Å². The highest BCUT2D eigenvalue weighted by molar-refractivity contribution is 5.88. The Morgan fingerprint density at radius 1 is 1.44 bits per heavy atom. The molecule has 0 spiro atoms. The molecule has 0 unspecified atom stereocenters. The number of morpholine rings is 1. The Kier molecular flexibility index (Phi) is 3.56. The highest BCUT2D eigenvalue weighted by Crippen LogP contribution is 2.22. The zero-order valence-corrected chi connectivity index (χ0v) is 11.1. The number of nitrogens with zero attached hydrogens (tertiary/aromatic N) is 2. The van der Waals surface area contributed by atoms with Crippen molar-refractivity contribution < 1.29 is 9.53 Å². The van der Waals surface area contributed by atoms with Crippen LogP contribution in [0.15, 0.2) is 6.07 Å². The number of hydrogen-bond donors (Lipinski definition) is 2. The van der Waals surface area contributed by atoms with Gasteiger partial charge in [-0.2, -0.15) is 5.10 Å². The second-order valence-corrected chi connectivity index (χ2v) is 5.45. The van der Waals surface area contributed by atoms with Crippen LogP contribution in [0.3, 0.4) is 0 Å². The fraction of sp³-hybridized carbons (Fsp3) is 0.667. The van der Waals surface area contributed by atoms with Crippen molar-refractivity contribution in [3.05, 3.63) is 11.8 Å². The van der Waals surface area contributed by atoms with Gasteiger partial charge in [0, 0.05) is 30.3 Å². The molecule has 2 heterocycles. The van der Waals surface area contributed by atoms with Crippen molar-refractivity contribution in [1.29, 1.82) is 0 Å². The highest BCUT2D eigenvalue weighted by Gasteiger charge is 2.20. The summed E-state index contributed by atoms with van der Waals surface area (Å²) < 4.78 is 5.21. The quantitative estimate of drug-likeness (QED) is 0.797. The number of hydrogen-bond acceptors (Lipinski definition) is 3. The molecule has 100 valence electrons. The van der Waals surface area contributed by atoms with E-state index in [1.54, 1.807) is 4.90 Å². The van der Waals surface area contributed by atoms with Crippen LogP contribution in [0.5, 0.6) is 0 Å². The molecule has 0 saturated carbocycles. The molecule has 1 aliphatic heterocycles. The second-order valence-electron chi connectivity index (χ2n) is 5.45. The molecule has 6 heteroatoms. The van der Waals surface area contributed by atoms with Crippen LogP contribution in [0, 0.1) is 0 Å². The normalized spacial score (nSPS) is 16.7. The van der Waals surface area contributed by atoms with Crippen LogP contribution in [0.1, 0.15) is 26.5 Å². The molecule has 2 amide bonds. The number of amides is 2. The van der Waals surface area contributed by atoms with Crippen LogP contribution < -0.4 is 5.32 Å². The third kappa shape index (κ3) is 3.01. The molecule has 1 aliphatic rings. The van der Waals surface area contributed by atoms with Gasteiger partial charge in [-0.25, -0.2) is 4.79 Å². The number of rotatable bonds is 1. The van der Waals surface area contributed by atoms with Gasteiger partial charge in [-0.15, -0.1) is 0 Å². The fourth-order valence-corrected chi connectivity index (χ4v) is 1.73. The largest absolute Gasteiger partial charge is 0.378 e. The number of urea groups is 1. The van der Waals surface area contributed by atoms with E-state index in [1.807, 2.05) is 6.07 Å². The van der Waals surface area contributed by atoms with Gasteiger partial charge >= 0.3 is 6.03 Å². The van der Waals surface area contributed by atoms with Crippen molar-refractivity contribution in [2.45, 2.75) is 26.2 Å². The van der Waals surface area contributed by atoms with Crippen LogP contribution >= 0.6 is 0 Å². The van der Waals surface area contributed by atoms with Gasteiger partial charge < -0.3 is 9.64 Å². The average Bonchev–Trinajstić information content (AvgIpc) is 2.78. The first kappa shape index (κ1) is 12.9. The average molecular weight is 252 g/mol. The lowest BCUT2D eigenvalue weighted by atomic mass is 9.92. The summed E-state index contributed by atoms with van der Waals surface area (Å²) in [5, 5.41) is 9.84. The Hall–Kier alpha value is -1.56. The van der Waals surface area contributed by atoms with Crippen molar-refractivity contribution in [3.63, 3.8) is 0 Å². The lowest BCUT2D eigenvalue weighted by Gasteiger charge is -2.26. The van der Waals surface area contributed by atoms with Crippen LogP contribution in [-0.2, 0) is 10.2 Å². The molecule has 6 nitrogen and oxygen atoms in total. The van der Waals surface area contributed by atoms with E-state index in [0.717, 1.165) is 5.69 Å². The van der Waals surface area contributed by atoms with Gasteiger partial charge in [-0.1, -0.05) is 20.8 Å². The fourth-order valence-electron chi connectivity index (χ4n) is 1.73. The zero-order chi connectivity index (χ0) is 13.2. The van der Waals surface area contributed by atoms with E-state index in [-0.39, 0.29) is 11.4 Å². The van der Waals surface area contributed by atoms with E-state index in [1.165, 1.54) is 0 Å². The monoisotopic (exact) mass is 252 g/mol. The lowest BCUT2D eigenvalue weighted by molar-refractivity contribution is 0.0564. The molecule has 0 radical (unpaired) electrons. The third-order valence-electron chi connectivity index (χ3n) is 2.92. The van der Waals surface area contributed by atoms with E-state index in [0.29, 0.717) is 32.1 Å². The van der Waals surface area contributed by atoms with Gasteiger partial charge in [0.2, 0.25) is 0 Å². The number of carbonyl (C=O) groups is 1. The van der Waals surface area contributed by atoms with Crippen molar-refractivity contribution in [1.82, 2.24) is 15.1 Å². The summed E-state index contributed by atoms with van der Waals surface area (Å²) in [6.07, 6.45) is 0. The Labute approximate surface area is 107 Å². The minimum atomic E-state index is -0.120. The van der Waals surface area contributed by atoms with Gasteiger partial charge in [0.05, 0.1) is 13.2 Å². The SMILES string of the molecule is CC(C)(C)c1cc(NC(=O)N2CCOCC2)n[nH]1. The van der Waals surface area contributed by atoms with E-state index in [9.17, 15) is 4.79 Å². The van der Waals surface area contributed by atoms with E-state index in [2.05, 4.69) is 36.3 Å². The molecule has 2 rings (SSSR count). The van der Waals surface area contributed by atoms with Gasteiger partial charge in [-0.3, -0.25) is 10.4 Å². The lowest BCUT2D eigenvalue weighted by Crippen LogP contribution is -2.43. The van der Waals surface area contributed by atoms with Crippen LogP contribution in [-0.4, -0.2) is 47.4 Å². The van der Waals surface area contributed by atoms with Gasteiger partial charge in [-0.05, 0) is 0 Å². The molecule has 0 atom stereocenters. The third-order valence-corrected chi connectivity index (χ3v) is 2.92. The summed E-state index contributed by atoms with van der Waals surface area (Å²) in [7, 11) is 0. The minimum absolute atomic E-state index is 0.00502. The Bertz CT molecular complexity index is 416. The Balaban J connectivity index is 1.96. The molecule has 1 aromatic heterocycles. The molecule has 1 aromatic rings. The first-order valence-corrected chi connectivity index (χ1v) is 6.16. The van der Waals surface area contributed by atoms with Crippen molar-refractivity contribution in [2.75, 3.05) is 31.6 Å². The maximum Gasteiger partial charge on any atom is 0.323 e. The standard InChI is InChI=1S/C12H20N4O2/c1-12(2,3)9-8-10(15-14-9)13-11(17)16-4-6-18-7-5-16/h8H,4-7H2,1-3H3,(H2,13,14,15,17). The maximum atomic E-state index is 11.9. The minimum Gasteiger partial charge on any atom is -0.378 e. The summed E-state index contributed by atoms with van der Waals surface area (Å²) >= 11 is 0. The van der Waals surface area contributed by atoms with Crippen LogP contribution in [0.4, 0.5) is 10.6 Å². The summed E-state index contributed by atoms with van der Waals surface area (Å²) in [4.78, 5) is 13.7. The first-order chi connectivity index (χ1) is 8.47. The van der Waals surface area contributed by atoms with Crippen molar-refractivity contribution in [2.24, 2.45) is 0 Å². The topological polar surface area (TPSA) is 70.2 Å². The first-order valence-electron chi connectivity index (χ1n) is 6.16. The molecule has 0 bridgehead atoms. The van der Waals surface area contributed by atoms with E-state index >= 15 is 0 Å². The number of H-pyrrole nitrogens is 1. The van der Waals surface area contributed by atoms with Crippen molar-refractivity contribution >= 4 is 11.8 Å². The number of anilines is 1. The predicted octanol–water partition coefficient (Wildman–Crippen LogP) is 1.57. The molecular formula is C12H20N4O2. The van der Waals surface area contributed by atoms with E-state index < -0.39 is 0 Å². The molecule has 18 heavy (non-hydrogen) atoms. The second kappa shape index (κ2) is 4.97. The number of ether oxygens (including phenoxy) is 1. The molecule has 0 aromatic carbocycles. The van der Waals surface area contributed by atoms with Crippen LogP contribution in [0.2, 0.25) is 0 Å². The molecule has 0 aliphatic carbocycles. The van der Waals surface area contributed by atoms with Crippen LogP contribution in [0.25, 0.3) is 0 Å². The number of aromatic nitrogens is 2. The highest BCUT2D eigenvalue weighted by atomic mass is 16.5. The number of carbonyl (C=O) groups excluding carboxylic acids is 1. The number of aromatic amines is 1.